The van der Waals surface area contributed by atoms with Crippen molar-refractivity contribution in [3.63, 3.8) is 0 Å². The summed E-state index contributed by atoms with van der Waals surface area (Å²) in [7, 11) is 0. The van der Waals surface area contributed by atoms with Crippen molar-refractivity contribution in [2.45, 2.75) is 25.3 Å². The van der Waals surface area contributed by atoms with Gasteiger partial charge < -0.3 is 15.1 Å². The minimum Gasteiger partial charge on any atom is -0.368 e. The van der Waals surface area contributed by atoms with E-state index in [4.69, 9.17) is 0 Å². The van der Waals surface area contributed by atoms with Gasteiger partial charge in [-0.1, -0.05) is 23.8 Å². The number of thioether (sulfide) groups is 1. The van der Waals surface area contributed by atoms with E-state index in [1.807, 2.05) is 36.1 Å². The van der Waals surface area contributed by atoms with E-state index in [2.05, 4.69) is 5.32 Å². The predicted molar refractivity (Wildman–Crippen MR) is 122 cm³/mol. The fourth-order valence-electron chi connectivity index (χ4n) is 3.43. The van der Waals surface area contributed by atoms with Crippen LogP contribution in [0.3, 0.4) is 0 Å². The first-order valence-electron chi connectivity index (χ1n) is 10.3. The molecule has 0 spiro atoms. The third kappa shape index (κ3) is 6.41. The lowest BCUT2D eigenvalue weighted by Crippen LogP contribution is -2.50. The standard InChI is InChI=1S/C23H26F3N3O2S/c1-16-6-8-19(9-7-16)27-21(30)15-32-17(2)22(31)29-12-10-28(11-13-29)20-5-3-4-18(14-20)23(24,25)26/h3-9,14,17H,10-13,15H2,1-2H3,(H,27,30). The van der Waals surface area contributed by atoms with Gasteiger partial charge in [0, 0.05) is 37.6 Å². The highest BCUT2D eigenvalue weighted by molar-refractivity contribution is 8.01. The van der Waals surface area contributed by atoms with Crippen LogP contribution < -0.4 is 10.2 Å². The Balaban J connectivity index is 1.46. The van der Waals surface area contributed by atoms with E-state index < -0.39 is 11.7 Å². The Labute approximate surface area is 190 Å². The Morgan fingerprint density at radius 3 is 2.34 bits per heavy atom. The second-order valence-corrected chi connectivity index (χ2v) is 9.06. The molecule has 1 N–H and O–H groups in total. The molecule has 172 valence electrons. The number of amides is 2. The molecule has 2 amide bonds. The van der Waals surface area contributed by atoms with Crippen LogP contribution in [0.2, 0.25) is 0 Å². The molecular weight excluding hydrogens is 439 g/mol. The summed E-state index contributed by atoms with van der Waals surface area (Å²) >= 11 is 1.27. The largest absolute Gasteiger partial charge is 0.416 e. The number of alkyl halides is 3. The number of benzene rings is 2. The minimum absolute atomic E-state index is 0.0678. The lowest BCUT2D eigenvalue weighted by atomic mass is 10.1. The number of carbonyl (C=O) groups excluding carboxylic acids is 2. The molecule has 3 rings (SSSR count). The van der Waals surface area contributed by atoms with Crippen molar-refractivity contribution in [2.75, 3.05) is 42.1 Å². The molecule has 1 unspecified atom stereocenters. The second-order valence-electron chi connectivity index (χ2n) is 7.73. The van der Waals surface area contributed by atoms with Gasteiger partial charge in [-0.2, -0.15) is 13.2 Å². The van der Waals surface area contributed by atoms with E-state index in [1.165, 1.54) is 17.8 Å². The van der Waals surface area contributed by atoms with Gasteiger partial charge in [0.1, 0.15) is 0 Å². The van der Waals surface area contributed by atoms with Crippen molar-refractivity contribution in [3.8, 4) is 0 Å². The summed E-state index contributed by atoms with van der Waals surface area (Å²) < 4.78 is 38.9. The fraction of sp³-hybridized carbons (Fsp3) is 0.391. The first-order valence-corrected chi connectivity index (χ1v) is 11.4. The molecule has 0 saturated carbocycles. The van der Waals surface area contributed by atoms with Crippen molar-refractivity contribution in [3.05, 3.63) is 59.7 Å². The Hall–Kier alpha value is -2.68. The van der Waals surface area contributed by atoms with Crippen LogP contribution in [0.15, 0.2) is 48.5 Å². The van der Waals surface area contributed by atoms with Crippen molar-refractivity contribution in [1.29, 1.82) is 0 Å². The Morgan fingerprint density at radius 2 is 1.72 bits per heavy atom. The van der Waals surface area contributed by atoms with Crippen molar-refractivity contribution < 1.29 is 22.8 Å². The number of hydrogen-bond donors (Lipinski definition) is 1. The summed E-state index contributed by atoms with van der Waals surface area (Å²) in [6.07, 6.45) is -4.38. The fourth-order valence-corrected chi connectivity index (χ4v) is 4.19. The molecule has 1 atom stereocenters. The zero-order valence-electron chi connectivity index (χ0n) is 18.0. The third-order valence-electron chi connectivity index (χ3n) is 5.28. The van der Waals surface area contributed by atoms with Crippen molar-refractivity contribution in [1.82, 2.24) is 4.90 Å². The number of rotatable bonds is 6. The van der Waals surface area contributed by atoms with Gasteiger partial charge in [-0.25, -0.2) is 0 Å². The molecule has 1 aliphatic heterocycles. The van der Waals surface area contributed by atoms with Crippen LogP contribution in [0.5, 0.6) is 0 Å². The highest BCUT2D eigenvalue weighted by atomic mass is 32.2. The zero-order chi connectivity index (χ0) is 23.3. The number of carbonyl (C=O) groups is 2. The molecule has 1 saturated heterocycles. The van der Waals surface area contributed by atoms with Gasteiger partial charge in [0.2, 0.25) is 11.8 Å². The van der Waals surface area contributed by atoms with Crippen LogP contribution in [0.25, 0.3) is 0 Å². The van der Waals surface area contributed by atoms with Gasteiger partial charge in [-0.15, -0.1) is 11.8 Å². The van der Waals surface area contributed by atoms with E-state index in [1.54, 1.807) is 17.9 Å². The quantitative estimate of drug-likeness (QED) is 0.686. The van der Waals surface area contributed by atoms with Crippen molar-refractivity contribution in [2.24, 2.45) is 0 Å². The zero-order valence-corrected chi connectivity index (χ0v) is 18.8. The molecular formula is C23H26F3N3O2S. The van der Waals surface area contributed by atoms with Gasteiger partial charge in [-0.05, 0) is 44.2 Å². The number of aryl methyl sites for hydroxylation is 1. The number of nitrogens with zero attached hydrogens (tertiary/aromatic N) is 2. The number of hydrogen-bond acceptors (Lipinski definition) is 4. The molecule has 1 heterocycles. The molecule has 0 aliphatic carbocycles. The molecule has 2 aromatic rings. The molecule has 0 radical (unpaired) electrons. The molecule has 9 heteroatoms. The summed E-state index contributed by atoms with van der Waals surface area (Å²) in [6, 6.07) is 12.7. The molecule has 1 aliphatic rings. The van der Waals surface area contributed by atoms with Gasteiger partial charge >= 0.3 is 6.18 Å². The molecule has 2 aromatic carbocycles. The lowest BCUT2D eigenvalue weighted by Gasteiger charge is -2.37. The van der Waals surface area contributed by atoms with Gasteiger partial charge in [-0.3, -0.25) is 9.59 Å². The maximum Gasteiger partial charge on any atom is 0.416 e. The van der Waals surface area contributed by atoms with E-state index in [9.17, 15) is 22.8 Å². The van der Waals surface area contributed by atoms with Gasteiger partial charge in [0.15, 0.2) is 0 Å². The van der Waals surface area contributed by atoms with E-state index in [0.29, 0.717) is 37.6 Å². The number of halogens is 3. The summed E-state index contributed by atoms with van der Waals surface area (Å²) in [5, 5.41) is 2.42. The van der Waals surface area contributed by atoms with Crippen LogP contribution in [-0.4, -0.2) is 53.9 Å². The van der Waals surface area contributed by atoms with E-state index in [0.717, 1.165) is 17.7 Å². The highest BCUT2D eigenvalue weighted by Crippen LogP contribution is 2.32. The Morgan fingerprint density at radius 1 is 1.06 bits per heavy atom. The predicted octanol–water partition coefficient (Wildman–Crippen LogP) is 4.42. The second kappa shape index (κ2) is 10.3. The molecule has 1 fully saturated rings. The van der Waals surface area contributed by atoms with Crippen LogP contribution in [0, 0.1) is 6.92 Å². The van der Waals surface area contributed by atoms with Crippen LogP contribution >= 0.6 is 11.8 Å². The highest BCUT2D eigenvalue weighted by Gasteiger charge is 2.31. The topological polar surface area (TPSA) is 52.7 Å². The average molecular weight is 466 g/mol. The normalized spacial score (nSPS) is 15.4. The SMILES string of the molecule is Cc1ccc(NC(=O)CSC(C)C(=O)N2CCN(c3cccc(C(F)(F)F)c3)CC2)cc1. The Kier molecular flexibility index (Phi) is 7.71. The number of anilines is 2. The van der Waals surface area contributed by atoms with E-state index in [-0.39, 0.29) is 22.8 Å². The summed E-state index contributed by atoms with van der Waals surface area (Å²) in [5.41, 5.74) is 1.64. The monoisotopic (exact) mass is 465 g/mol. The molecule has 32 heavy (non-hydrogen) atoms. The van der Waals surface area contributed by atoms with Crippen LogP contribution in [0.1, 0.15) is 18.1 Å². The molecule has 0 bridgehead atoms. The van der Waals surface area contributed by atoms with Gasteiger partial charge in [0.25, 0.3) is 0 Å². The summed E-state index contributed by atoms with van der Waals surface area (Å²) in [5.74, 6) is -0.0833. The molecule has 5 nitrogen and oxygen atoms in total. The average Bonchev–Trinajstić information content (AvgIpc) is 2.78. The Bertz CT molecular complexity index is 942. The number of piperazine rings is 1. The maximum atomic E-state index is 13.0. The maximum absolute atomic E-state index is 13.0. The molecule has 0 aromatic heterocycles. The first-order chi connectivity index (χ1) is 15.1. The number of nitrogens with one attached hydrogen (secondary N) is 1. The lowest BCUT2D eigenvalue weighted by molar-refractivity contribution is -0.137. The van der Waals surface area contributed by atoms with E-state index >= 15 is 0 Å². The van der Waals surface area contributed by atoms with Crippen molar-refractivity contribution >= 4 is 35.0 Å². The van der Waals surface area contributed by atoms with Crippen LogP contribution in [-0.2, 0) is 15.8 Å². The third-order valence-corrected chi connectivity index (χ3v) is 6.41. The minimum atomic E-state index is -4.38. The smallest absolute Gasteiger partial charge is 0.368 e. The van der Waals surface area contributed by atoms with Gasteiger partial charge in [0.05, 0.1) is 16.6 Å². The summed E-state index contributed by atoms with van der Waals surface area (Å²) in [6.45, 7) is 5.50. The summed E-state index contributed by atoms with van der Waals surface area (Å²) in [4.78, 5) is 28.5. The first kappa shape index (κ1) is 24.0. The van der Waals surface area contributed by atoms with Crippen LogP contribution in [0.4, 0.5) is 24.5 Å².